The minimum atomic E-state index is -3.35. The summed E-state index contributed by atoms with van der Waals surface area (Å²) in [6, 6.07) is 3.16. The Balaban J connectivity index is 3.13. The Morgan fingerprint density at radius 2 is 1.94 bits per heavy atom. The molecule has 0 saturated carbocycles. The topological polar surface area (TPSA) is 72.2 Å². The molecule has 0 aliphatic rings. The molecule has 1 rings (SSSR count). The van der Waals surface area contributed by atoms with E-state index in [0.717, 1.165) is 5.56 Å². The van der Waals surface area contributed by atoms with Gasteiger partial charge in [-0.25, -0.2) is 8.42 Å². The summed E-state index contributed by atoms with van der Waals surface area (Å²) in [4.78, 5) is 0. The molecule has 0 bridgehead atoms. The van der Waals surface area contributed by atoms with Gasteiger partial charge in [0.1, 0.15) is 0 Å². The number of benzene rings is 1. The number of aryl methyl sites for hydroxylation is 1. The zero-order chi connectivity index (χ0) is 12.5. The Bertz CT molecular complexity index is 498. The molecule has 3 N–H and O–H groups in total. The number of sulfonamides is 1. The third-order valence-corrected chi connectivity index (χ3v) is 4.29. The smallest absolute Gasteiger partial charge is 0.235 e. The summed E-state index contributed by atoms with van der Waals surface area (Å²) in [6.45, 7) is 4.98. The maximum absolute atomic E-state index is 11.7. The first-order chi connectivity index (χ1) is 7.24. The normalized spacial score (nSPS) is 11.8. The monoisotopic (exact) mass is 262 g/mol. The first kappa shape index (κ1) is 13.1. The average molecular weight is 263 g/mol. The van der Waals surface area contributed by atoms with Crippen molar-refractivity contribution in [3.05, 3.63) is 22.7 Å². The molecule has 90 valence electrons. The maximum Gasteiger partial charge on any atom is 0.235 e. The molecular weight excluding hydrogens is 248 g/mol. The lowest BCUT2D eigenvalue weighted by Crippen LogP contribution is -2.22. The quantitative estimate of drug-likeness (QED) is 0.822. The fourth-order valence-corrected chi connectivity index (χ4v) is 2.01. The summed E-state index contributed by atoms with van der Waals surface area (Å²) in [5.41, 5.74) is 7.25. The number of nitrogens with one attached hydrogen (secondary N) is 1. The molecule has 1 aromatic carbocycles. The van der Waals surface area contributed by atoms with Crippen LogP contribution in [0.4, 0.5) is 11.4 Å². The van der Waals surface area contributed by atoms with Gasteiger partial charge in [-0.2, -0.15) is 0 Å². The highest BCUT2D eigenvalue weighted by Gasteiger charge is 2.17. The standard InChI is InChI=1S/C10H15ClN2O2S/c1-6(2)16(14,15)13-10-5-8(11)9(12)4-7(10)3/h4-6,13H,12H2,1-3H3. The van der Waals surface area contributed by atoms with Crippen LogP contribution in [0.5, 0.6) is 0 Å². The van der Waals surface area contributed by atoms with Crippen LogP contribution in [0.2, 0.25) is 5.02 Å². The molecule has 0 aliphatic carbocycles. The van der Waals surface area contributed by atoms with Gasteiger partial charge in [0, 0.05) is 0 Å². The molecule has 6 heteroatoms. The van der Waals surface area contributed by atoms with E-state index in [-0.39, 0.29) is 0 Å². The summed E-state index contributed by atoms with van der Waals surface area (Å²) < 4.78 is 25.8. The molecule has 0 fully saturated rings. The van der Waals surface area contributed by atoms with Crippen LogP contribution in [0.3, 0.4) is 0 Å². The molecule has 0 radical (unpaired) electrons. The van der Waals surface area contributed by atoms with E-state index < -0.39 is 15.3 Å². The highest BCUT2D eigenvalue weighted by molar-refractivity contribution is 7.93. The number of halogens is 1. The first-order valence-electron chi connectivity index (χ1n) is 4.81. The molecule has 4 nitrogen and oxygen atoms in total. The third-order valence-electron chi connectivity index (χ3n) is 2.22. The van der Waals surface area contributed by atoms with E-state index in [0.29, 0.717) is 16.4 Å². The SMILES string of the molecule is Cc1cc(N)c(Cl)cc1NS(=O)(=O)C(C)C. The predicted octanol–water partition coefficient (Wildman–Crippen LogP) is 2.38. The van der Waals surface area contributed by atoms with Crippen molar-refractivity contribution in [2.24, 2.45) is 0 Å². The fourth-order valence-electron chi connectivity index (χ4n) is 1.08. The van der Waals surface area contributed by atoms with E-state index >= 15 is 0 Å². The van der Waals surface area contributed by atoms with Crippen molar-refractivity contribution in [3.63, 3.8) is 0 Å². The van der Waals surface area contributed by atoms with Gasteiger partial charge in [0.2, 0.25) is 10.0 Å². The van der Waals surface area contributed by atoms with Gasteiger partial charge in [-0.1, -0.05) is 11.6 Å². The van der Waals surface area contributed by atoms with Crippen LogP contribution in [0.1, 0.15) is 19.4 Å². The zero-order valence-electron chi connectivity index (χ0n) is 9.41. The molecule has 0 spiro atoms. The lowest BCUT2D eigenvalue weighted by molar-refractivity contribution is 0.592. The van der Waals surface area contributed by atoms with Gasteiger partial charge in [-0.05, 0) is 38.5 Å². The minimum absolute atomic E-state index is 0.340. The van der Waals surface area contributed by atoms with E-state index in [9.17, 15) is 8.42 Å². The summed E-state index contributed by atoms with van der Waals surface area (Å²) >= 11 is 5.83. The number of hydrogen-bond donors (Lipinski definition) is 2. The van der Waals surface area contributed by atoms with E-state index in [1.165, 1.54) is 6.07 Å². The number of hydrogen-bond acceptors (Lipinski definition) is 3. The van der Waals surface area contributed by atoms with Gasteiger partial charge in [0.25, 0.3) is 0 Å². The highest BCUT2D eigenvalue weighted by Crippen LogP contribution is 2.27. The molecule has 0 aromatic heterocycles. The van der Waals surface area contributed by atoms with Crippen LogP contribution in [0.15, 0.2) is 12.1 Å². The predicted molar refractivity (Wildman–Crippen MR) is 68.3 cm³/mol. The molecule has 0 amide bonds. The lowest BCUT2D eigenvalue weighted by atomic mass is 10.2. The Morgan fingerprint density at radius 3 is 2.44 bits per heavy atom. The van der Waals surface area contributed by atoms with Crippen molar-refractivity contribution in [3.8, 4) is 0 Å². The molecule has 16 heavy (non-hydrogen) atoms. The Morgan fingerprint density at radius 1 is 1.38 bits per heavy atom. The van der Waals surface area contributed by atoms with Crippen molar-refractivity contribution in [2.75, 3.05) is 10.5 Å². The number of nitrogens with two attached hydrogens (primary N) is 1. The second kappa shape index (κ2) is 4.51. The molecule has 0 saturated heterocycles. The fraction of sp³-hybridized carbons (Fsp3) is 0.400. The van der Waals surface area contributed by atoms with Gasteiger partial charge in [0.05, 0.1) is 21.6 Å². The van der Waals surface area contributed by atoms with E-state index in [1.807, 2.05) is 0 Å². The van der Waals surface area contributed by atoms with Crippen molar-refractivity contribution in [2.45, 2.75) is 26.0 Å². The number of nitrogen functional groups attached to an aromatic ring is 1. The van der Waals surface area contributed by atoms with Crippen LogP contribution in [0.25, 0.3) is 0 Å². The van der Waals surface area contributed by atoms with Gasteiger partial charge < -0.3 is 5.73 Å². The molecule has 0 heterocycles. The van der Waals surface area contributed by atoms with Crippen molar-refractivity contribution >= 4 is 33.0 Å². The first-order valence-corrected chi connectivity index (χ1v) is 6.73. The Labute approximate surface area is 101 Å². The second-order valence-electron chi connectivity index (χ2n) is 3.88. The van der Waals surface area contributed by atoms with Gasteiger partial charge in [0.15, 0.2) is 0 Å². The van der Waals surface area contributed by atoms with Crippen LogP contribution >= 0.6 is 11.6 Å². The summed E-state index contributed by atoms with van der Waals surface area (Å²) in [5.74, 6) is 0. The molecule has 0 atom stereocenters. The van der Waals surface area contributed by atoms with Crippen molar-refractivity contribution in [1.29, 1.82) is 0 Å². The molecule has 0 aliphatic heterocycles. The summed E-state index contributed by atoms with van der Waals surface area (Å²) in [7, 11) is -3.35. The van der Waals surface area contributed by atoms with Crippen LogP contribution in [0, 0.1) is 6.92 Å². The van der Waals surface area contributed by atoms with Crippen molar-refractivity contribution in [1.82, 2.24) is 0 Å². The Kier molecular flexibility index (Phi) is 3.70. The third kappa shape index (κ3) is 2.80. The van der Waals surface area contributed by atoms with E-state index in [4.69, 9.17) is 17.3 Å². The average Bonchev–Trinajstić information content (AvgIpc) is 2.13. The maximum atomic E-state index is 11.7. The van der Waals surface area contributed by atoms with Crippen molar-refractivity contribution < 1.29 is 8.42 Å². The molecule has 1 aromatic rings. The van der Waals surface area contributed by atoms with Gasteiger partial charge >= 0.3 is 0 Å². The number of anilines is 2. The van der Waals surface area contributed by atoms with Gasteiger partial charge in [-0.3, -0.25) is 4.72 Å². The van der Waals surface area contributed by atoms with Crippen LogP contribution < -0.4 is 10.5 Å². The lowest BCUT2D eigenvalue weighted by Gasteiger charge is -2.13. The minimum Gasteiger partial charge on any atom is -0.398 e. The van der Waals surface area contributed by atoms with Gasteiger partial charge in [-0.15, -0.1) is 0 Å². The number of rotatable bonds is 3. The highest BCUT2D eigenvalue weighted by atomic mass is 35.5. The van der Waals surface area contributed by atoms with E-state index in [1.54, 1.807) is 26.8 Å². The summed E-state index contributed by atoms with van der Waals surface area (Å²) in [5, 5.41) is -0.157. The van der Waals surface area contributed by atoms with Crippen LogP contribution in [-0.4, -0.2) is 13.7 Å². The van der Waals surface area contributed by atoms with E-state index in [2.05, 4.69) is 4.72 Å². The molecular formula is C10H15ClN2O2S. The largest absolute Gasteiger partial charge is 0.398 e. The molecule has 0 unspecified atom stereocenters. The second-order valence-corrected chi connectivity index (χ2v) is 6.53. The Hall–Kier alpha value is -0.940. The summed E-state index contributed by atoms with van der Waals surface area (Å²) in [6.07, 6.45) is 0. The van der Waals surface area contributed by atoms with Crippen LogP contribution in [-0.2, 0) is 10.0 Å². The zero-order valence-corrected chi connectivity index (χ0v) is 11.0.